The SMILES string of the molecule is COc1ccccc1OC(C)(C(=O)N[C@@H]1C(=O)N2[C@@H]1SC(C)(C)[C@@H]2C(=O)O)C(C)C. The highest BCUT2D eigenvalue weighted by atomic mass is 32.2. The molecule has 1 aromatic rings. The van der Waals surface area contributed by atoms with Crippen LogP contribution in [0.5, 0.6) is 11.5 Å². The second kappa shape index (κ2) is 7.68. The number of methoxy groups -OCH3 is 1. The molecule has 1 unspecified atom stereocenters. The van der Waals surface area contributed by atoms with Crippen molar-refractivity contribution in [2.24, 2.45) is 5.92 Å². The van der Waals surface area contributed by atoms with Gasteiger partial charge in [0.1, 0.15) is 17.5 Å². The Morgan fingerprint density at radius 2 is 1.87 bits per heavy atom. The summed E-state index contributed by atoms with van der Waals surface area (Å²) in [4.78, 5) is 39.0. The van der Waals surface area contributed by atoms with Crippen LogP contribution in [0.1, 0.15) is 34.6 Å². The highest BCUT2D eigenvalue weighted by Crippen LogP contribution is 2.51. The molecule has 2 heterocycles. The quantitative estimate of drug-likeness (QED) is 0.631. The van der Waals surface area contributed by atoms with Gasteiger partial charge in [-0.2, -0.15) is 0 Å². The molecular weight excluding hydrogens is 408 g/mol. The summed E-state index contributed by atoms with van der Waals surface area (Å²) in [6, 6.07) is 5.34. The third-order valence-electron chi connectivity index (χ3n) is 5.91. The maximum atomic E-state index is 13.3. The molecule has 0 bridgehead atoms. The summed E-state index contributed by atoms with van der Waals surface area (Å²) in [5, 5.41) is 11.9. The van der Waals surface area contributed by atoms with Gasteiger partial charge in [0.05, 0.1) is 7.11 Å². The van der Waals surface area contributed by atoms with Crippen LogP contribution in [0.4, 0.5) is 0 Å². The van der Waals surface area contributed by atoms with E-state index in [1.807, 2.05) is 13.8 Å². The monoisotopic (exact) mass is 436 g/mol. The van der Waals surface area contributed by atoms with Crippen molar-refractivity contribution in [2.45, 2.75) is 62.4 Å². The number of β-lactam (4-membered cyclic amide) rings is 1. The Hall–Kier alpha value is -2.42. The smallest absolute Gasteiger partial charge is 0.327 e. The number of carbonyl (C=O) groups excluding carboxylic acids is 2. The van der Waals surface area contributed by atoms with Crippen LogP contribution >= 0.6 is 11.8 Å². The summed E-state index contributed by atoms with van der Waals surface area (Å²) >= 11 is 1.39. The number of nitrogens with one attached hydrogen (secondary N) is 1. The Morgan fingerprint density at radius 1 is 1.27 bits per heavy atom. The average molecular weight is 437 g/mol. The van der Waals surface area contributed by atoms with Gasteiger partial charge in [-0.05, 0) is 32.9 Å². The molecule has 2 N–H and O–H groups in total. The van der Waals surface area contributed by atoms with Crippen molar-refractivity contribution in [1.29, 1.82) is 0 Å². The fraction of sp³-hybridized carbons (Fsp3) is 0.571. The highest BCUT2D eigenvalue weighted by Gasteiger charge is 2.64. The lowest BCUT2D eigenvalue weighted by molar-refractivity contribution is -0.162. The summed E-state index contributed by atoms with van der Waals surface area (Å²) < 4.78 is 10.8. The van der Waals surface area contributed by atoms with E-state index in [0.29, 0.717) is 11.5 Å². The van der Waals surface area contributed by atoms with Crippen molar-refractivity contribution >= 4 is 29.5 Å². The number of nitrogens with zero attached hydrogens (tertiary/aromatic N) is 1. The summed E-state index contributed by atoms with van der Waals surface area (Å²) in [6.07, 6.45) is 0. The van der Waals surface area contributed by atoms with E-state index in [-0.39, 0.29) is 11.8 Å². The minimum atomic E-state index is -1.26. The molecular formula is C21H28N2O6S. The Kier molecular flexibility index (Phi) is 5.70. The maximum Gasteiger partial charge on any atom is 0.327 e. The van der Waals surface area contributed by atoms with Crippen LogP contribution in [0.2, 0.25) is 0 Å². The Labute approximate surface area is 180 Å². The Morgan fingerprint density at radius 3 is 2.40 bits per heavy atom. The average Bonchev–Trinajstić information content (AvgIpc) is 2.94. The van der Waals surface area contributed by atoms with Crippen molar-refractivity contribution in [3.8, 4) is 11.5 Å². The van der Waals surface area contributed by atoms with E-state index in [9.17, 15) is 19.5 Å². The van der Waals surface area contributed by atoms with Crippen molar-refractivity contribution in [3.63, 3.8) is 0 Å². The first kappa shape index (κ1) is 22.3. The molecule has 2 aliphatic heterocycles. The minimum absolute atomic E-state index is 0.215. The van der Waals surface area contributed by atoms with E-state index in [1.165, 1.54) is 23.8 Å². The predicted molar refractivity (Wildman–Crippen MR) is 113 cm³/mol. The zero-order valence-electron chi connectivity index (χ0n) is 18.0. The molecule has 4 atom stereocenters. The summed E-state index contributed by atoms with van der Waals surface area (Å²) in [7, 11) is 1.52. The lowest BCUT2D eigenvalue weighted by atomic mass is 9.89. The number of carbonyl (C=O) groups is 3. The third-order valence-corrected chi connectivity index (χ3v) is 7.48. The molecule has 8 nitrogen and oxygen atoms in total. The normalized spacial score (nSPS) is 26.4. The number of para-hydroxylation sites is 2. The number of aliphatic carboxylic acids is 1. The number of hydrogen-bond donors (Lipinski definition) is 2. The van der Waals surface area contributed by atoms with Crippen LogP contribution in [0.3, 0.4) is 0 Å². The second-order valence-corrected chi connectivity index (χ2v) is 10.3. The van der Waals surface area contributed by atoms with Gasteiger partial charge in [-0.3, -0.25) is 9.59 Å². The van der Waals surface area contributed by atoms with Gasteiger partial charge in [-0.1, -0.05) is 26.0 Å². The van der Waals surface area contributed by atoms with E-state index >= 15 is 0 Å². The van der Waals surface area contributed by atoms with Crippen molar-refractivity contribution in [2.75, 3.05) is 7.11 Å². The van der Waals surface area contributed by atoms with Crippen LogP contribution < -0.4 is 14.8 Å². The number of carboxylic acids is 1. The molecule has 164 valence electrons. The van der Waals surface area contributed by atoms with E-state index in [1.54, 1.807) is 45.0 Å². The van der Waals surface area contributed by atoms with Gasteiger partial charge in [-0.15, -0.1) is 11.8 Å². The number of benzene rings is 1. The molecule has 0 saturated carbocycles. The van der Waals surface area contributed by atoms with Gasteiger partial charge in [0.15, 0.2) is 17.1 Å². The lowest BCUT2D eigenvalue weighted by Crippen LogP contribution is -2.72. The summed E-state index contributed by atoms with van der Waals surface area (Å²) in [6.45, 7) is 8.98. The molecule has 1 aromatic carbocycles. The zero-order chi connectivity index (χ0) is 22.4. The van der Waals surface area contributed by atoms with Gasteiger partial charge in [0.25, 0.3) is 5.91 Å². The molecule has 2 fully saturated rings. The standard InChI is InChI=1S/C21H28N2O6S/c1-11(2)21(5,29-13-10-8-7-9-12(13)28-6)19(27)22-14-16(24)23-15(18(25)26)20(3,4)30-17(14)23/h7-11,14-15,17H,1-6H3,(H,22,27)(H,25,26)/t14-,15+,17-,21?/m1/s1. The van der Waals surface area contributed by atoms with Gasteiger partial charge in [-0.25, -0.2) is 4.79 Å². The van der Waals surface area contributed by atoms with Crippen LogP contribution in [-0.2, 0) is 14.4 Å². The molecule has 2 amide bonds. The zero-order valence-corrected chi connectivity index (χ0v) is 18.8. The van der Waals surface area contributed by atoms with E-state index in [2.05, 4.69) is 5.32 Å². The predicted octanol–water partition coefficient (Wildman–Crippen LogP) is 2.12. The molecule has 0 radical (unpaired) electrons. The molecule has 30 heavy (non-hydrogen) atoms. The van der Waals surface area contributed by atoms with Gasteiger partial charge in [0, 0.05) is 10.7 Å². The number of hydrogen-bond acceptors (Lipinski definition) is 6. The fourth-order valence-corrected chi connectivity index (χ4v) is 5.41. The lowest BCUT2D eigenvalue weighted by Gasteiger charge is -2.45. The largest absolute Gasteiger partial charge is 0.493 e. The topological polar surface area (TPSA) is 105 Å². The first-order valence-electron chi connectivity index (χ1n) is 9.80. The summed E-state index contributed by atoms with van der Waals surface area (Å²) in [5.74, 6) is -1.15. The van der Waals surface area contributed by atoms with Gasteiger partial charge >= 0.3 is 5.97 Å². The van der Waals surface area contributed by atoms with Crippen molar-refractivity contribution in [3.05, 3.63) is 24.3 Å². The number of rotatable bonds is 7. The maximum absolute atomic E-state index is 13.3. The van der Waals surface area contributed by atoms with Crippen molar-refractivity contribution < 1.29 is 29.0 Å². The fourth-order valence-electron chi connectivity index (χ4n) is 3.79. The molecule has 0 aromatic heterocycles. The molecule has 0 spiro atoms. The molecule has 2 saturated heterocycles. The number of ether oxygens (including phenoxy) is 2. The second-order valence-electron chi connectivity index (χ2n) is 8.56. The van der Waals surface area contributed by atoms with Crippen LogP contribution in [-0.4, -0.2) is 62.7 Å². The number of fused-ring (bicyclic) bond motifs is 1. The molecule has 2 aliphatic rings. The van der Waals surface area contributed by atoms with Crippen LogP contribution in [0.15, 0.2) is 24.3 Å². The molecule has 0 aliphatic carbocycles. The molecule has 3 rings (SSSR count). The van der Waals surface area contributed by atoms with Crippen LogP contribution in [0, 0.1) is 5.92 Å². The summed E-state index contributed by atoms with van der Waals surface area (Å²) in [5.41, 5.74) is -1.26. The Bertz CT molecular complexity index is 873. The third kappa shape index (κ3) is 3.49. The minimum Gasteiger partial charge on any atom is -0.493 e. The first-order valence-corrected chi connectivity index (χ1v) is 10.7. The van der Waals surface area contributed by atoms with Crippen LogP contribution in [0.25, 0.3) is 0 Å². The molecule has 9 heteroatoms. The van der Waals surface area contributed by atoms with Crippen molar-refractivity contribution in [1.82, 2.24) is 10.2 Å². The van der Waals surface area contributed by atoms with E-state index in [0.717, 1.165) is 0 Å². The number of thioether (sulfide) groups is 1. The highest BCUT2D eigenvalue weighted by molar-refractivity contribution is 8.01. The first-order chi connectivity index (χ1) is 13.9. The van der Waals surface area contributed by atoms with Gasteiger partial charge < -0.3 is 24.8 Å². The number of carboxylic acid groups (broad SMARTS) is 1. The Balaban J connectivity index is 1.80. The number of amides is 2. The van der Waals surface area contributed by atoms with E-state index < -0.39 is 39.7 Å². The van der Waals surface area contributed by atoms with E-state index in [4.69, 9.17) is 9.47 Å². The van der Waals surface area contributed by atoms with Gasteiger partial charge in [0.2, 0.25) is 5.91 Å².